The van der Waals surface area contributed by atoms with Crippen molar-refractivity contribution in [3.8, 4) is 5.75 Å². The molecular formula is C24H31F2N3O5S. The summed E-state index contributed by atoms with van der Waals surface area (Å²) in [6.07, 6.45) is 1.54. The predicted molar refractivity (Wildman–Crippen MR) is 129 cm³/mol. The Kier molecular flexibility index (Phi) is 9.58. The lowest BCUT2D eigenvalue weighted by Gasteiger charge is -2.32. The summed E-state index contributed by atoms with van der Waals surface area (Å²) < 4.78 is 57.9. The summed E-state index contributed by atoms with van der Waals surface area (Å²) in [6.45, 7) is 4.58. The molecule has 0 aliphatic carbocycles. The molecule has 2 aromatic carbocycles. The SMILES string of the molecule is CC[C@H](C)NC(=O)[C@H](C)N(Cc1ccc(OC)cc1)C(=O)CN(c1ccc(F)c(F)c1)S(C)(=O)=O. The lowest BCUT2D eigenvalue weighted by Crippen LogP contribution is -2.52. The van der Waals surface area contributed by atoms with Crippen molar-refractivity contribution in [1.82, 2.24) is 10.2 Å². The van der Waals surface area contributed by atoms with Crippen LogP contribution in [0, 0.1) is 11.6 Å². The van der Waals surface area contributed by atoms with Crippen molar-refractivity contribution in [3.05, 3.63) is 59.7 Å². The van der Waals surface area contributed by atoms with Crippen LogP contribution in [0.15, 0.2) is 42.5 Å². The van der Waals surface area contributed by atoms with E-state index in [2.05, 4.69) is 5.32 Å². The number of ether oxygens (including phenoxy) is 1. The molecule has 0 saturated carbocycles. The fraction of sp³-hybridized carbons (Fsp3) is 0.417. The molecule has 0 saturated heterocycles. The van der Waals surface area contributed by atoms with Gasteiger partial charge in [-0.25, -0.2) is 17.2 Å². The fourth-order valence-electron chi connectivity index (χ4n) is 3.23. The molecule has 0 fully saturated rings. The number of nitrogens with one attached hydrogen (secondary N) is 1. The minimum atomic E-state index is -4.05. The van der Waals surface area contributed by atoms with Crippen LogP contribution in [0.1, 0.15) is 32.8 Å². The first-order valence-electron chi connectivity index (χ1n) is 11.0. The van der Waals surface area contributed by atoms with Gasteiger partial charge in [0.15, 0.2) is 11.6 Å². The monoisotopic (exact) mass is 511 g/mol. The standard InChI is InChI=1S/C24H31F2N3O5S/c1-6-16(2)27-24(31)17(3)28(14-18-7-10-20(34-4)11-8-18)23(30)15-29(35(5,32)33)19-9-12-21(25)22(26)13-19/h7-13,16-17H,6,14-15H2,1-5H3,(H,27,31)/t16-,17-/m0/s1. The van der Waals surface area contributed by atoms with E-state index < -0.39 is 46.1 Å². The van der Waals surface area contributed by atoms with Crippen molar-refractivity contribution in [2.24, 2.45) is 0 Å². The second-order valence-electron chi connectivity index (χ2n) is 8.23. The number of sulfonamides is 1. The molecule has 35 heavy (non-hydrogen) atoms. The lowest BCUT2D eigenvalue weighted by atomic mass is 10.1. The van der Waals surface area contributed by atoms with E-state index in [0.29, 0.717) is 28.1 Å². The summed E-state index contributed by atoms with van der Waals surface area (Å²) >= 11 is 0. The smallest absolute Gasteiger partial charge is 0.244 e. The number of rotatable bonds is 11. The molecule has 0 aromatic heterocycles. The number of benzene rings is 2. The van der Waals surface area contributed by atoms with Gasteiger partial charge in [0.2, 0.25) is 21.8 Å². The van der Waals surface area contributed by atoms with Crippen LogP contribution in [0.2, 0.25) is 0 Å². The van der Waals surface area contributed by atoms with Crippen LogP contribution < -0.4 is 14.4 Å². The van der Waals surface area contributed by atoms with Crippen molar-refractivity contribution in [2.75, 3.05) is 24.2 Å². The second kappa shape index (κ2) is 12.0. The molecule has 2 aromatic rings. The molecule has 1 N–H and O–H groups in total. The number of methoxy groups -OCH3 is 1. The third-order valence-corrected chi connectivity index (χ3v) is 6.69. The number of anilines is 1. The van der Waals surface area contributed by atoms with Crippen molar-refractivity contribution in [3.63, 3.8) is 0 Å². The summed E-state index contributed by atoms with van der Waals surface area (Å²) in [4.78, 5) is 27.5. The maximum absolute atomic E-state index is 13.8. The topological polar surface area (TPSA) is 96.0 Å². The first-order valence-corrected chi connectivity index (χ1v) is 12.9. The molecule has 192 valence electrons. The third-order valence-electron chi connectivity index (χ3n) is 5.55. The molecule has 2 rings (SSSR count). The number of nitrogens with zero attached hydrogens (tertiary/aromatic N) is 2. The number of carbonyl (C=O) groups excluding carboxylic acids is 2. The van der Waals surface area contributed by atoms with Crippen LogP contribution in [0.5, 0.6) is 5.75 Å². The summed E-state index contributed by atoms with van der Waals surface area (Å²) in [5.74, 6) is -2.89. The normalized spacial score (nSPS) is 13.0. The van der Waals surface area contributed by atoms with Gasteiger partial charge in [0.05, 0.1) is 19.1 Å². The molecule has 2 amide bonds. The van der Waals surface area contributed by atoms with Gasteiger partial charge >= 0.3 is 0 Å². The first-order chi connectivity index (χ1) is 16.4. The highest BCUT2D eigenvalue weighted by atomic mass is 32.2. The quantitative estimate of drug-likeness (QED) is 0.500. The Bertz CT molecular complexity index is 1140. The van der Waals surface area contributed by atoms with Crippen molar-refractivity contribution >= 4 is 27.5 Å². The van der Waals surface area contributed by atoms with Gasteiger partial charge < -0.3 is 15.0 Å². The Hall–Kier alpha value is -3.21. The minimum Gasteiger partial charge on any atom is -0.497 e. The third kappa shape index (κ3) is 7.64. The van der Waals surface area contributed by atoms with E-state index >= 15 is 0 Å². The van der Waals surface area contributed by atoms with E-state index in [4.69, 9.17) is 4.74 Å². The molecule has 0 heterocycles. The zero-order valence-corrected chi connectivity index (χ0v) is 21.2. The summed E-state index contributed by atoms with van der Waals surface area (Å²) in [7, 11) is -2.53. The Morgan fingerprint density at radius 3 is 2.20 bits per heavy atom. The molecule has 11 heteroatoms. The molecular weight excluding hydrogens is 480 g/mol. The van der Waals surface area contributed by atoms with Gasteiger partial charge in [0.25, 0.3) is 0 Å². The molecule has 0 spiro atoms. The molecule has 2 atom stereocenters. The van der Waals surface area contributed by atoms with Gasteiger partial charge in [-0.2, -0.15) is 0 Å². The number of hydrogen-bond acceptors (Lipinski definition) is 5. The van der Waals surface area contributed by atoms with Gasteiger partial charge in [0, 0.05) is 18.7 Å². The van der Waals surface area contributed by atoms with Crippen LogP contribution >= 0.6 is 0 Å². The largest absolute Gasteiger partial charge is 0.497 e. The number of hydrogen-bond donors (Lipinski definition) is 1. The maximum atomic E-state index is 13.8. The van der Waals surface area contributed by atoms with Gasteiger partial charge in [-0.15, -0.1) is 0 Å². The highest BCUT2D eigenvalue weighted by Gasteiger charge is 2.30. The van der Waals surface area contributed by atoms with Crippen molar-refractivity contribution < 1.29 is 31.5 Å². The van der Waals surface area contributed by atoms with Gasteiger partial charge in [-0.1, -0.05) is 19.1 Å². The maximum Gasteiger partial charge on any atom is 0.244 e. The van der Waals surface area contributed by atoms with Crippen LogP contribution in [0.25, 0.3) is 0 Å². The molecule has 0 aliphatic heterocycles. The van der Waals surface area contributed by atoms with E-state index in [1.54, 1.807) is 31.2 Å². The van der Waals surface area contributed by atoms with Gasteiger partial charge in [0.1, 0.15) is 18.3 Å². The summed E-state index contributed by atoms with van der Waals surface area (Å²) in [5, 5.41) is 2.82. The van der Waals surface area contributed by atoms with Gasteiger partial charge in [-0.3, -0.25) is 13.9 Å². The second-order valence-corrected chi connectivity index (χ2v) is 10.1. The Labute approximate surface area is 204 Å². The van der Waals surface area contributed by atoms with Crippen molar-refractivity contribution in [1.29, 1.82) is 0 Å². The Morgan fingerprint density at radius 1 is 1.06 bits per heavy atom. The van der Waals surface area contributed by atoms with Crippen LogP contribution in [-0.2, 0) is 26.2 Å². The average molecular weight is 512 g/mol. The van der Waals surface area contributed by atoms with Crippen molar-refractivity contribution in [2.45, 2.75) is 45.8 Å². The average Bonchev–Trinajstić information content (AvgIpc) is 2.81. The zero-order chi connectivity index (χ0) is 26.3. The fourth-order valence-corrected chi connectivity index (χ4v) is 4.07. The van der Waals surface area contributed by atoms with Gasteiger partial charge in [-0.05, 0) is 50.1 Å². The first kappa shape index (κ1) is 28.0. The van der Waals surface area contributed by atoms with E-state index in [1.165, 1.54) is 12.0 Å². The summed E-state index contributed by atoms with van der Waals surface area (Å²) in [6, 6.07) is 8.34. The van der Waals surface area contributed by atoms with Crippen LogP contribution in [-0.4, -0.2) is 57.1 Å². The predicted octanol–water partition coefficient (Wildman–Crippen LogP) is 3.07. The minimum absolute atomic E-state index is 0.00724. The molecule has 0 bridgehead atoms. The Balaban J connectivity index is 2.40. The zero-order valence-electron chi connectivity index (χ0n) is 20.4. The van der Waals surface area contributed by atoms with E-state index in [0.717, 1.165) is 18.4 Å². The molecule has 0 aliphatic rings. The number of carbonyl (C=O) groups is 2. The highest BCUT2D eigenvalue weighted by molar-refractivity contribution is 7.92. The number of amides is 2. The van der Waals surface area contributed by atoms with E-state index in [1.807, 2.05) is 13.8 Å². The highest BCUT2D eigenvalue weighted by Crippen LogP contribution is 2.22. The van der Waals surface area contributed by atoms with E-state index in [9.17, 15) is 26.8 Å². The van der Waals surface area contributed by atoms with E-state index in [-0.39, 0.29) is 18.3 Å². The molecule has 8 nitrogen and oxygen atoms in total. The molecule has 0 unspecified atom stereocenters. The number of halogens is 2. The van der Waals surface area contributed by atoms with Crippen LogP contribution in [0.3, 0.4) is 0 Å². The summed E-state index contributed by atoms with van der Waals surface area (Å²) in [5.41, 5.74) is 0.474. The van der Waals surface area contributed by atoms with Crippen LogP contribution in [0.4, 0.5) is 14.5 Å². The lowest BCUT2D eigenvalue weighted by molar-refractivity contribution is -0.139. The molecule has 0 radical (unpaired) electrons. The Morgan fingerprint density at radius 2 is 1.69 bits per heavy atom.